The van der Waals surface area contributed by atoms with E-state index in [1.54, 1.807) is 43.5 Å². The number of ketones is 1. The minimum absolute atomic E-state index is 0.0834. The Balaban J connectivity index is 1.40. The third kappa shape index (κ3) is 6.18. The Morgan fingerprint density at radius 2 is 1.74 bits per heavy atom. The maximum atomic E-state index is 14.1. The molecule has 2 amide bonds. The van der Waals surface area contributed by atoms with Gasteiger partial charge in [0, 0.05) is 24.7 Å². The topological polar surface area (TPSA) is 126 Å². The molecular weight excluding hydrogens is 568 g/mol. The van der Waals surface area contributed by atoms with Crippen molar-refractivity contribution in [3.63, 3.8) is 0 Å². The zero-order valence-electron chi connectivity index (χ0n) is 24.7. The van der Waals surface area contributed by atoms with E-state index in [-0.39, 0.29) is 35.7 Å². The summed E-state index contributed by atoms with van der Waals surface area (Å²) in [6, 6.07) is 16.4. The van der Waals surface area contributed by atoms with Crippen LogP contribution in [0.1, 0.15) is 48.7 Å². The Labute approximate surface area is 252 Å². The van der Waals surface area contributed by atoms with Gasteiger partial charge in [0.1, 0.15) is 17.8 Å². The number of sulfonamides is 1. The highest BCUT2D eigenvalue weighted by molar-refractivity contribution is 7.89. The lowest BCUT2D eigenvalue weighted by Gasteiger charge is -2.28. The number of methoxy groups -OCH3 is 1. The number of likely N-dealkylation sites (tertiary alicyclic amines) is 1. The van der Waals surface area contributed by atoms with Crippen molar-refractivity contribution in [2.45, 2.75) is 62.2 Å². The first-order valence-corrected chi connectivity index (χ1v) is 15.6. The highest BCUT2D eigenvalue weighted by Gasteiger charge is 2.54. The maximum absolute atomic E-state index is 14.1. The van der Waals surface area contributed by atoms with Gasteiger partial charge in [-0.15, -0.1) is 0 Å². The van der Waals surface area contributed by atoms with Gasteiger partial charge in [-0.1, -0.05) is 51.1 Å². The zero-order chi connectivity index (χ0) is 30.9. The molecule has 0 aliphatic carbocycles. The van der Waals surface area contributed by atoms with Crippen molar-refractivity contribution in [2.24, 2.45) is 0 Å². The lowest BCUT2D eigenvalue weighted by Crippen LogP contribution is -2.53. The molecule has 11 heteroatoms. The van der Waals surface area contributed by atoms with E-state index < -0.39 is 40.0 Å². The fourth-order valence-corrected chi connectivity index (χ4v) is 7.28. The first-order valence-electron chi connectivity index (χ1n) is 14.2. The van der Waals surface area contributed by atoms with E-state index in [4.69, 9.17) is 4.74 Å². The molecule has 2 fully saturated rings. The molecule has 1 N–H and O–H groups in total. The highest BCUT2D eigenvalue weighted by atomic mass is 32.2. The lowest BCUT2D eigenvalue weighted by molar-refractivity contribution is -0.138. The quantitative estimate of drug-likeness (QED) is 0.419. The number of pyridine rings is 1. The SMILES string of the molecule is COc1ccc(CC(NC(=O)c2ccc(C(C)(C)C)cc2)C(=O)N2CCC3C2C(=O)CN3S(=O)(=O)c2ccccn2)cc1. The third-order valence-corrected chi connectivity index (χ3v) is 9.87. The summed E-state index contributed by atoms with van der Waals surface area (Å²) < 4.78 is 33.1. The Bertz CT molecular complexity index is 1600. The van der Waals surface area contributed by atoms with Crippen LogP contribution in [0, 0.1) is 0 Å². The number of Topliss-reactive ketones (excluding diaryl/α,β-unsaturated/α-hetero) is 1. The fraction of sp³-hybridized carbons (Fsp3) is 0.375. The molecule has 3 aromatic rings. The normalized spacial score (nSPS) is 19.6. The lowest BCUT2D eigenvalue weighted by atomic mass is 9.86. The summed E-state index contributed by atoms with van der Waals surface area (Å²) in [5.74, 6) is -0.557. The molecule has 0 radical (unpaired) electrons. The Kier molecular flexibility index (Phi) is 8.40. The van der Waals surface area contributed by atoms with Crippen LogP contribution in [0.2, 0.25) is 0 Å². The van der Waals surface area contributed by atoms with E-state index >= 15 is 0 Å². The summed E-state index contributed by atoms with van der Waals surface area (Å²) in [5.41, 5.74) is 2.18. The van der Waals surface area contributed by atoms with Crippen LogP contribution in [0.25, 0.3) is 0 Å². The van der Waals surface area contributed by atoms with Gasteiger partial charge in [0.05, 0.1) is 19.7 Å². The third-order valence-electron chi connectivity index (χ3n) is 8.09. The second kappa shape index (κ2) is 11.9. The zero-order valence-corrected chi connectivity index (χ0v) is 25.5. The number of aromatic nitrogens is 1. The van der Waals surface area contributed by atoms with E-state index in [1.165, 1.54) is 17.2 Å². The first kappa shape index (κ1) is 30.4. The van der Waals surface area contributed by atoms with Crippen LogP contribution in [-0.2, 0) is 31.4 Å². The van der Waals surface area contributed by atoms with Crippen LogP contribution in [0.15, 0.2) is 78.0 Å². The van der Waals surface area contributed by atoms with Crippen LogP contribution in [0.5, 0.6) is 5.75 Å². The molecule has 3 atom stereocenters. The summed E-state index contributed by atoms with van der Waals surface area (Å²) in [4.78, 5) is 46.1. The summed E-state index contributed by atoms with van der Waals surface area (Å²) in [5, 5.41) is 2.75. The number of nitrogens with zero attached hydrogens (tertiary/aromatic N) is 3. The highest BCUT2D eigenvalue weighted by Crippen LogP contribution is 2.34. The molecule has 2 aliphatic heterocycles. The number of ether oxygens (including phenoxy) is 1. The average Bonchev–Trinajstić information content (AvgIpc) is 3.58. The molecule has 10 nitrogen and oxygen atoms in total. The summed E-state index contributed by atoms with van der Waals surface area (Å²) in [7, 11) is -2.48. The largest absolute Gasteiger partial charge is 0.497 e. The van der Waals surface area contributed by atoms with Crippen LogP contribution in [0.4, 0.5) is 0 Å². The van der Waals surface area contributed by atoms with Crippen LogP contribution in [0.3, 0.4) is 0 Å². The molecule has 2 aliphatic rings. The predicted octanol–water partition coefficient (Wildman–Crippen LogP) is 2.97. The summed E-state index contributed by atoms with van der Waals surface area (Å²) in [6.45, 7) is 6.10. The molecule has 2 saturated heterocycles. The van der Waals surface area contributed by atoms with Crippen molar-refractivity contribution in [1.82, 2.24) is 19.5 Å². The standard InChI is InChI=1S/C32H36N4O6S/c1-32(2,3)23-12-10-22(11-13-23)30(38)34-25(19-21-8-14-24(42-4)15-9-21)31(39)35-18-16-26-29(35)27(37)20-36(26)43(40,41)28-7-5-6-17-33-28/h5-15,17,25-26,29H,16,18-20H2,1-4H3,(H,34,38). The van der Waals surface area contributed by atoms with Crippen molar-refractivity contribution < 1.29 is 27.5 Å². The average molecular weight is 605 g/mol. The molecule has 1 aromatic heterocycles. The predicted molar refractivity (Wildman–Crippen MR) is 160 cm³/mol. The van der Waals surface area contributed by atoms with Crippen molar-refractivity contribution >= 4 is 27.6 Å². The summed E-state index contributed by atoms with van der Waals surface area (Å²) in [6.07, 6.45) is 1.86. The van der Waals surface area contributed by atoms with E-state index in [1.807, 2.05) is 24.3 Å². The number of carbonyl (C=O) groups excluding carboxylic acids is 3. The van der Waals surface area contributed by atoms with Gasteiger partial charge in [-0.25, -0.2) is 13.4 Å². The van der Waals surface area contributed by atoms with Gasteiger partial charge in [-0.3, -0.25) is 14.4 Å². The van der Waals surface area contributed by atoms with E-state index in [0.717, 1.165) is 15.4 Å². The molecule has 2 aromatic carbocycles. The monoisotopic (exact) mass is 604 g/mol. The fourth-order valence-electron chi connectivity index (χ4n) is 5.72. The van der Waals surface area contributed by atoms with Crippen LogP contribution in [-0.4, -0.2) is 78.5 Å². The molecule has 226 valence electrons. The molecule has 0 bridgehead atoms. The Hall–Kier alpha value is -4.09. The number of carbonyl (C=O) groups is 3. The van der Waals surface area contributed by atoms with Crippen molar-refractivity contribution in [3.05, 3.63) is 89.6 Å². The van der Waals surface area contributed by atoms with Crippen LogP contribution < -0.4 is 10.1 Å². The number of fused-ring (bicyclic) bond motifs is 1. The number of rotatable bonds is 8. The van der Waals surface area contributed by atoms with Crippen molar-refractivity contribution in [1.29, 1.82) is 0 Å². The van der Waals surface area contributed by atoms with Gasteiger partial charge < -0.3 is 15.0 Å². The number of nitrogens with one attached hydrogen (secondary N) is 1. The molecule has 0 spiro atoms. The van der Waals surface area contributed by atoms with Gasteiger partial charge in [-0.2, -0.15) is 4.31 Å². The van der Waals surface area contributed by atoms with E-state index in [9.17, 15) is 22.8 Å². The van der Waals surface area contributed by atoms with Gasteiger partial charge >= 0.3 is 0 Å². The van der Waals surface area contributed by atoms with Crippen molar-refractivity contribution in [2.75, 3.05) is 20.2 Å². The van der Waals surface area contributed by atoms with Gasteiger partial charge in [0.15, 0.2) is 10.8 Å². The molecule has 3 heterocycles. The number of benzene rings is 2. The minimum Gasteiger partial charge on any atom is -0.497 e. The van der Waals surface area contributed by atoms with Gasteiger partial charge in [0.25, 0.3) is 15.9 Å². The molecule has 0 saturated carbocycles. The van der Waals surface area contributed by atoms with E-state index in [0.29, 0.717) is 17.7 Å². The second-order valence-corrected chi connectivity index (χ2v) is 13.8. The molecule has 3 unspecified atom stereocenters. The number of amides is 2. The molecular formula is C32H36N4O6S. The van der Waals surface area contributed by atoms with Crippen LogP contribution >= 0.6 is 0 Å². The second-order valence-electron chi connectivity index (χ2n) is 11.9. The molecule has 43 heavy (non-hydrogen) atoms. The van der Waals surface area contributed by atoms with Gasteiger partial charge in [-0.05, 0) is 59.4 Å². The first-order chi connectivity index (χ1) is 20.4. The minimum atomic E-state index is -4.04. The van der Waals surface area contributed by atoms with Gasteiger partial charge in [0.2, 0.25) is 5.91 Å². The number of hydrogen-bond donors (Lipinski definition) is 1. The summed E-state index contributed by atoms with van der Waals surface area (Å²) >= 11 is 0. The van der Waals surface area contributed by atoms with E-state index in [2.05, 4.69) is 31.1 Å². The molecule has 5 rings (SSSR count). The maximum Gasteiger partial charge on any atom is 0.261 e. The smallest absolute Gasteiger partial charge is 0.261 e. The van der Waals surface area contributed by atoms with Crippen molar-refractivity contribution in [3.8, 4) is 5.75 Å². The Morgan fingerprint density at radius 1 is 1.05 bits per heavy atom. The number of hydrogen-bond acceptors (Lipinski definition) is 7. The Morgan fingerprint density at radius 3 is 2.35 bits per heavy atom.